The second-order valence-electron chi connectivity index (χ2n) is 4.58. The molecular weight excluding hydrogens is 304 g/mol. The van der Waals surface area contributed by atoms with Crippen molar-refractivity contribution >= 4 is 15.9 Å². The van der Waals surface area contributed by atoms with E-state index in [2.05, 4.69) is 20.0 Å². The number of hydrogen-bond acceptors (Lipinski definition) is 5. The standard InChI is InChI=1S/C14H16N4O3S/c1-22(20,21)18-8-7-15-14(19)12-9-16-13(17-10-12)11-5-3-2-4-6-11/h2-6,9-10,18H,7-8H2,1H3,(H,15,19). The summed E-state index contributed by atoms with van der Waals surface area (Å²) in [6, 6.07) is 9.43. The molecule has 7 nitrogen and oxygen atoms in total. The van der Waals surface area contributed by atoms with Gasteiger partial charge in [-0.05, 0) is 0 Å². The molecule has 0 unspecified atom stereocenters. The molecule has 22 heavy (non-hydrogen) atoms. The average molecular weight is 320 g/mol. The number of amides is 1. The van der Waals surface area contributed by atoms with Gasteiger partial charge in [0.1, 0.15) is 0 Å². The quantitative estimate of drug-likeness (QED) is 0.751. The van der Waals surface area contributed by atoms with Crippen molar-refractivity contribution in [2.24, 2.45) is 0 Å². The summed E-state index contributed by atoms with van der Waals surface area (Å²) in [6.07, 6.45) is 3.94. The highest BCUT2D eigenvalue weighted by Gasteiger charge is 2.08. The molecule has 0 bridgehead atoms. The lowest BCUT2D eigenvalue weighted by atomic mass is 10.2. The zero-order chi connectivity index (χ0) is 16.0. The van der Waals surface area contributed by atoms with Gasteiger partial charge in [-0.1, -0.05) is 30.3 Å². The molecule has 0 aliphatic carbocycles. The van der Waals surface area contributed by atoms with Crippen LogP contribution in [0.2, 0.25) is 0 Å². The molecule has 0 atom stereocenters. The number of rotatable bonds is 6. The van der Waals surface area contributed by atoms with Gasteiger partial charge in [-0.25, -0.2) is 23.1 Å². The maximum atomic E-state index is 11.8. The molecule has 1 aromatic heterocycles. The van der Waals surface area contributed by atoms with Gasteiger partial charge < -0.3 is 5.32 Å². The van der Waals surface area contributed by atoms with Gasteiger partial charge in [0, 0.05) is 31.0 Å². The van der Waals surface area contributed by atoms with Gasteiger partial charge in [-0.2, -0.15) is 0 Å². The highest BCUT2D eigenvalue weighted by Crippen LogP contribution is 2.12. The largest absolute Gasteiger partial charge is 0.351 e. The van der Waals surface area contributed by atoms with Gasteiger partial charge in [0.2, 0.25) is 10.0 Å². The van der Waals surface area contributed by atoms with Gasteiger partial charge in [0.05, 0.1) is 11.8 Å². The molecule has 0 fully saturated rings. The van der Waals surface area contributed by atoms with Crippen LogP contribution in [0.3, 0.4) is 0 Å². The van der Waals surface area contributed by atoms with Crippen molar-refractivity contribution in [3.8, 4) is 11.4 Å². The monoisotopic (exact) mass is 320 g/mol. The number of benzene rings is 1. The average Bonchev–Trinajstić information content (AvgIpc) is 2.51. The second-order valence-corrected chi connectivity index (χ2v) is 6.42. The molecule has 0 spiro atoms. The van der Waals surface area contributed by atoms with Crippen LogP contribution >= 0.6 is 0 Å². The number of carbonyl (C=O) groups is 1. The summed E-state index contributed by atoms with van der Waals surface area (Å²) in [5, 5.41) is 2.58. The SMILES string of the molecule is CS(=O)(=O)NCCNC(=O)c1cnc(-c2ccccc2)nc1. The fraction of sp³-hybridized carbons (Fsp3) is 0.214. The van der Waals surface area contributed by atoms with E-state index in [0.717, 1.165) is 11.8 Å². The summed E-state index contributed by atoms with van der Waals surface area (Å²) < 4.78 is 24.0. The first-order valence-corrected chi connectivity index (χ1v) is 8.45. The van der Waals surface area contributed by atoms with E-state index in [-0.39, 0.29) is 19.0 Å². The first-order chi connectivity index (χ1) is 10.5. The summed E-state index contributed by atoms with van der Waals surface area (Å²) in [5.41, 5.74) is 1.19. The Labute approximate surface area is 128 Å². The molecule has 8 heteroatoms. The Bertz CT molecular complexity index is 730. The van der Waals surface area contributed by atoms with Crippen LogP contribution in [0.15, 0.2) is 42.7 Å². The van der Waals surface area contributed by atoms with E-state index in [1.807, 2.05) is 30.3 Å². The molecule has 2 rings (SSSR count). The fourth-order valence-corrected chi connectivity index (χ4v) is 2.17. The van der Waals surface area contributed by atoms with Crippen LogP contribution in [0.25, 0.3) is 11.4 Å². The van der Waals surface area contributed by atoms with E-state index in [1.165, 1.54) is 12.4 Å². The maximum Gasteiger partial charge on any atom is 0.254 e. The molecule has 1 aromatic carbocycles. The zero-order valence-electron chi connectivity index (χ0n) is 12.0. The Morgan fingerprint density at radius 3 is 2.32 bits per heavy atom. The number of carbonyl (C=O) groups excluding carboxylic acids is 1. The number of aromatic nitrogens is 2. The number of hydrogen-bond donors (Lipinski definition) is 2. The van der Waals surface area contributed by atoms with Crippen molar-refractivity contribution in [1.82, 2.24) is 20.0 Å². The maximum absolute atomic E-state index is 11.8. The third kappa shape index (κ3) is 4.90. The predicted octanol–water partition coefficient (Wildman–Crippen LogP) is 0.423. The molecule has 1 amide bonds. The normalized spacial score (nSPS) is 11.1. The van der Waals surface area contributed by atoms with Crippen molar-refractivity contribution in [3.63, 3.8) is 0 Å². The first kappa shape index (κ1) is 16.1. The summed E-state index contributed by atoms with van der Waals surface area (Å²) in [7, 11) is -3.25. The molecule has 2 aromatic rings. The van der Waals surface area contributed by atoms with Crippen LogP contribution in [0.1, 0.15) is 10.4 Å². The van der Waals surface area contributed by atoms with E-state index in [0.29, 0.717) is 11.4 Å². The summed E-state index contributed by atoms with van der Waals surface area (Å²) in [4.78, 5) is 20.2. The molecule has 1 heterocycles. The van der Waals surface area contributed by atoms with Crippen LogP contribution in [0.5, 0.6) is 0 Å². The second kappa shape index (κ2) is 7.10. The smallest absolute Gasteiger partial charge is 0.254 e. The van der Waals surface area contributed by atoms with Crippen LogP contribution < -0.4 is 10.0 Å². The molecule has 0 aliphatic heterocycles. The number of nitrogens with one attached hydrogen (secondary N) is 2. The third-order valence-electron chi connectivity index (χ3n) is 2.72. The number of sulfonamides is 1. The first-order valence-electron chi connectivity index (χ1n) is 6.56. The van der Waals surface area contributed by atoms with Crippen molar-refractivity contribution < 1.29 is 13.2 Å². The summed E-state index contributed by atoms with van der Waals surface area (Å²) in [6.45, 7) is 0.319. The molecular formula is C14H16N4O3S. The van der Waals surface area contributed by atoms with Crippen LogP contribution in [-0.2, 0) is 10.0 Å². The Morgan fingerprint density at radius 1 is 1.09 bits per heavy atom. The van der Waals surface area contributed by atoms with Gasteiger partial charge in [0.25, 0.3) is 5.91 Å². The molecule has 0 saturated carbocycles. The molecule has 2 N–H and O–H groups in total. The highest BCUT2D eigenvalue weighted by molar-refractivity contribution is 7.88. The Hall–Kier alpha value is -2.32. The van der Waals surface area contributed by atoms with E-state index in [1.54, 1.807) is 0 Å². The van der Waals surface area contributed by atoms with E-state index < -0.39 is 10.0 Å². The number of nitrogens with zero attached hydrogens (tertiary/aromatic N) is 2. The predicted molar refractivity (Wildman–Crippen MR) is 82.6 cm³/mol. The Morgan fingerprint density at radius 2 is 1.73 bits per heavy atom. The van der Waals surface area contributed by atoms with Crippen LogP contribution in [-0.4, -0.2) is 43.6 Å². The topological polar surface area (TPSA) is 101 Å². The lowest BCUT2D eigenvalue weighted by Crippen LogP contribution is -2.34. The molecule has 0 aliphatic rings. The zero-order valence-corrected chi connectivity index (χ0v) is 12.8. The van der Waals surface area contributed by atoms with Gasteiger partial charge in [-0.15, -0.1) is 0 Å². The van der Waals surface area contributed by atoms with Crippen molar-refractivity contribution in [2.45, 2.75) is 0 Å². The fourth-order valence-electron chi connectivity index (χ4n) is 1.70. The lowest BCUT2D eigenvalue weighted by molar-refractivity contribution is 0.0953. The van der Waals surface area contributed by atoms with E-state index in [4.69, 9.17) is 0 Å². The highest BCUT2D eigenvalue weighted by atomic mass is 32.2. The van der Waals surface area contributed by atoms with Gasteiger partial charge in [-0.3, -0.25) is 4.79 Å². The molecule has 0 saturated heterocycles. The third-order valence-corrected chi connectivity index (χ3v) is 3.45. The van der Waals surface area contributed by atoms with Crippen molar-refractivity contribution in [1.29, 1.82) is 0 Å². The minimum Gasteiger partial charge on any atom is -0.351 e. The minimum atomic E-state index is -3.25. The summed E-state index contributed by atoms with van der Waals surface area (Å²) in [5.74, 6) is 0.186. The van der Waals surface area contributed by atoms with E-state index >= 15 is 0 Å². The Kier molecular flexibility index (Phi) is 5.18. The Balaban J connectivity index is 1.91. The van der Waals surface area contributed by atoms with Crippen LogP contribution in [0, 0.1) is 0 Å². The molecule has 116 valence electrons. The van der Waals surface area contributed by atoms with Crippen LogP contribution in [0.4, 0.5) is 0 Å². The van der Waals surface area contributed by atoms with E-state index in [9.17, 15) is 13.2 Å². The summed E-state index contributed by atoms with van der Waals surface area (Å²) >= 11 is 0. The van der Waals surface area contributed by atoms with Gasteiger partial charge >= 0.3 is 0 Å². The van der Waals surface area contributed by atoms with Gasteiger partial charge in [0.15, 0.2) is 5.82 Å². The minimum absolute atomic E-state index is 0.132. The molecule has 0 radical (unpaired) electrons. The lowest BCUT2D eigenvalue weighted by Gasteiger charge is -2.06. The van der Waals surface area contributed by atoms with Crippen molar-refractivity contribution in [3.05, 3.63) is 48.3 Å². The van der Waals surface area contributed by atoms with Crippen molar-refractivity contribution in [2.75, 3.05) is 19.3 Å².